The number of allylic oxidation sites excluding steroid dienone is 4. The van der Waals surface area contributed by atoms with Gasteiger partial charge in [0.2, 0.25) is 0 Å². The van der Waals surface area contributed by atoms with Gasteiger partial charge in [-0.25, -0.2) is 0 Å². The molecule has 2 atom stereocenters. The van der Waals surface area contributed by atoms with Crippen molar-refractivity contribution >= 4 is 11.4 Å². The van der Waals surface area contributed by atoms with Crippen molar-refractivity contribution in [2.24, 2.45) is 21.8 Å². The Labute approximate surface area is 137 Å². The largest absolute Gasteiger partial charge is 0.282 e. The van der Waals surface area contributed by atoms with Crippen molar-refractivity contribution in [2.45, 2.75) is 79.3 Å². The SMILES string of the molecule is CC(C)CCC(C)N=C1C=CC(=NC(C)CCC(C)C)C=C1. The molecule has 0 amide bonds. The Hall–Kier alpha value is -1.18. The van der Waals surface area contributed by atoms with Gasteiger partial charge in [0, 0.05) is 12.1 Å². The molecule has 0 spiro atoms. The summed E-state index contributed by atoms with van der Waals surface area (Å²) in [5.74, 6) is 1.51. The fraction of sp³-hybridized carbons (Fsp3) is 0.700. The molecular formula is C20H34N2. The van der Waals surface area contributed by atoms with Gasteiger partial charge in [0.15, 0.2) is 0 Å². The van der Waals surface area contributed by atoms with Crippen molar-refractivity contribution in [3.63, 3.8) is 0 Å². The van der Waals surface area contributed by atoms with Gasteiger partial charge in [-0.1, -0.05) is 27.7 Å². The molecule has 0 heterocycles. The third-order valence-corrected chi connectivity index (χ3v) is 3.91. The second-order valence-electron chi connectivity index (χ2n) is 7.42. The van der Waals surface area contributed by atoms with Gasteiger partial charge in [-0.2, -0.15) is 0 Å². The quantitative estimate of drug-likeness (QED) is 0.518. The van der Waals surface area contributed by atoms with Crippen LogP contribution in [0.25, 0.3) is 0 Å². The molecule has 0 saturated heterocycles. The van der Waals surface area contributed by atoms with Gasteiger partial charge >= 0.3 is 0 Å². The van der Waals surface area contributed by atoms with Gasteiger partial charge in [-0.3, -0.25) is 9.98 Å². The maximum Gasteiger partial charge on any atom is 0.0579 e. The van der Waals surface area contributed by atoms with Crippen molar-refractivity contribution in [1.29, 1.82) is 0 Å². The Morgan fingerprint density at radius 2 is 0.909 bits per heavy atom. The third-order valence-electron chi connectivity index (χ3n) is 3.91. The highest BCUT2D eigenvalue weighted by Gasteiger charge is 2.06. The van der Waals surface area contributed by atoms with Gasteiger partial charge in [-0.05, 0) is 75.7 Å². The number of aliphatic imine (C=N–C) groups is 2. The second kappa shape index (κ2) is 9.76. The van der Waals surface area contributed by atoms with Gasteiger partial charge in [0.25, 0.3) is 0 Å². The van der Waals surface area contributed by atoms with E-state index in [1.165, 1.54) is 12.8 Å². The highest BCUT2D eigenvalue weighted by Crippen LogP contribution is 2.12. The molecule has 0 aromatic rings. The fourth-order valence-corrected chi connectivity index (χ4v) is 2.41. The predicted octanol–water partition coefficient (Wildman–Crippen LogP) is 5.64. The lowest BCUT2D eigenvalue weighted by Crippen LogP contribution is -2.09. The summed E-state index contributed by atoms with van der Waals surface area (Å²) in [6, 6.07) is 0.797. The van der Waals surface area contributed by atoms with Gasteiger partial charge in [0.05, 0.1) is 11.4 Å². The summed E-state index contributed by atoms with van der Waals surface area (Å²) in [6.07, 6.45) is 13.2. The molecule has 0 aromatic carbocycles. The van der Waals surface area contributed by atoms with Crippen LogP contribution >= 0.6 is 0 Å². The Morgan fingerprint density at radius 1 is 0.591 bits per heavy atom. The second-order valence-corrected chi connectivity index (χ2v) is 7.42. The van der Waals surface area contributed by atoms with Crippen LogP contribution < -0.4 is 0 Å². The average molecular weight is 303 g/mol. The number of hydrogen-bond donors (Lipinski definition) is 0. The first kappa shape index (κ1) is 18.9. The molecule has 1 aliphatic rings. The lowest BCUT2D eigenvalue weighted by molar-refractivity contribution is 0.515. The molecule has 0 bridgehead atoms. The standard InChI is InChI=1S/C20H34N2/c1-15(2)7-9-17(5)21-19-11-13-20(14-12-19)22-18(6)10-8-16(3)4/h11-18H,7-10H2,1-6H3. The van der Waals surface area contributed by atoms with Crippen LogP contribution in [0.3, 0.4) is 0 Å². The molecule has 0 aliphatic heterocycles. The van der Waals surface area contributed by atoms with Gasteiger partial charge in [0.1, 0.15) is 0 Å². The van der Waals surface area contributed by atoms with Crippen LogP contribution in [-0.2, 0) is 0 Å². The molecule has 0 radical (unpaired) electrons. The summed E-state index contributed by atoms with van der Waals surface area (Å²) in [7, 11) is 0. The van der Waals surface area contributed by atoms with Crippen molar-refractivity contribution in [2.75, 3.05) is 0 Å². The van der Waals surface area contributed by atoms with Crippen molar-refractivity contribution in [3.8, 4) is 0 Å². The Kier molecular flexibility index (Phi) is 8.37. The van der Waals surface area contributed by atoms with Crippen LogP contribution in [0.2, 0.25) is 0 Å². The molecule has 2 unspecified atom stereocenters. The smallest absolute Gasteiger partial charge is 0.0579 e. The minimum atomic E-state index is 0.398. The normalized spacial score (nSPS) is 17.3. The summed E-state index contributed by atoms with van der Waals surface area (Å²) in [5.41, 5.74) is 2.15. The Morgan fingerprint density at radius 3 is 1.18 bits per heavy atom. The van der Waals surface area contributed by atoms with Crippen LogP contribution in [-0.4, -0.2) is 23.5 Å². The molecule has 22 heavy (non-hydrogen) atoms. The first-order chi connectivity index (χ1) is 10.4. The van der Waals surface area contributed by atoms with Crippen molar-refractivity contribution < 1.29 is 0 Å². The molecule has 0 fully saturated rings. The van der Waals surface area contributed by atoms with E-state index in [0.29, 0.717) is 12.1 Å². The molecule has 1 rings (SSSR count). The van der Waals surface area contributed by atoms with Crippen molar-refractivity contribution in [1.82, 2.24) is 0 Å². The third kappa shape index (κ3) is 8.31. The van der Waals surface area contributed by atoms with Crippen LogP contribution in [0.1, 0.15) is 67.2 Å². The fourth-order valence-electron chi connectivity index (χ4n) is 2.41. The van der Waals surface area contributed by atoms with E-state index < -0.39 is 0 Å². The molecule has 124 valence electrons. The summed E-state index contributed by atoms with van der Waals surface area (Å²) >= 11 is 0. The van der Waals surface area contributed by atoms with Gasteiger partial charge < -0.3 is 0 Å². The van der Waals surface area contributed by atoms with Gasteiger partial charge in [-0.15, -0.1) is 0 Å². The maximum atomic E-state index is 4.77. The number of hydrogen-bond acceptors (Lipinski definition) is 2. The maximum absolute atomic E-state index is 4.77. The van der Waals surface area contributed by atoms with E-state index in [4.69, 9.17) is 9.98 Å². The van der Waals surface area contributed by atoms with Crippen LogP contribution in [0, 0.1) is 11.8 Å². The highest BCUT2D eigenvalue weighted by molar-refractivity contribution is 6.18. The van der Waals surface area contributed by atoms with E-state index in [1.54, 1.807) is 0 Å². The lowest BCUT2D eigenvalue weighted by Gasteiger charge is -2.12. The van der Waals surface area contributed by atoms with Crippen molar-refractivity contribution in [3.05, 3.63) is 24.3 Å². The first-order valence-electron chi connectivity index (χ1n) is 8.88. The zero-order valence-electron chi connectivity index (χ0n) is 15.3. The molecule has 2 nitrogen and oxygen atoms in total. The van der Waals surface area contributed by atoms with Crippen LogP contribution in [0.5, 0.6) is 0 Å². The summed E-state index contributed by atoms with van der Waals surface area (Å²) in [5, 5.41) is 0. The molecule has 2 heteroatoms. The lowest BCUT2D eigenvalue weighted by atomic mass is 10.0. The molecule has 0 saturated carbocycles. The Bertz CT molecular complexity index is 381. The van der Waals surface area contributed by atoms with Crippen LogP contribution in [0.4, 0.5) is 0 Å². The van der Waals surface area contributed by atoms with E-state index in [2.05, 4.69) is 65.8 Å². The predicted molar refractivity (Wildman–Crippen MR) is 100 cm³/mol. The molecule has 1 aliphatic carbocycles. The number of nitrogens with zero attached hydrogens (tertiary/aromatic N) is 2. The minimum Gasteiger partial charge on any atom is -0.282 e. The summed E-state index contributed by atoms with van der Waals surface area (Å²) < 4.78 is 0. The van der Waals surface area contributed by atoms with Crippen LogP contribution in [0.15, 0.2) is 34.3 Å². The van der Waals surface area contributed by atoms with E-state index in [0.717, 1.165) is 36.1 Å². The monoisotopic (exact) mass is 302 g/mol. The molecular weight excluding hydrogens is 268 g/mol. The molecule has 0 N–H and O–H groups in total. The van der Waals surface area contributed by atoms with E-state index >= 15 is 0 Å². The topological polar surface area (TPSA) is 24.7 Å². The summed E-state index contributed by atoms with van der Waals surface area (Å²) in [6.45, 7) is 13.5. The minimum absolute atomic E-state index is 0.398. The van der Waals surface area contributed by atoms with E-state index in [-0.39, 0.29) is 0 Å². The highest BCUT2D eigenvalue weighted by atomic mass is 14.8. The van der Waals surface area contributed by atoms with E-state index in [9.17, 15) is 0 Å². The summed E-state index contributed by atoms with van der Waals surface area (Å²) in [4.78, 5) is 9.54. The zero-order valence-corrected chi connectivity index (χ0v) is 15.3. The zero-order chi connectivity index (χ0) is 16.5. The molecule has 0 aromatic heterocycles. The van der Waals surface area contributed by atoms with E-state index in [1.807, 2.05) is 0 Å². The number of rotatable bonds is 8. The Balaban J connectivity index is 2.49. The average Bonchev–Trinajstić information content (AvgIpc) is 2.45. The first-order valence-corrected chi connectivity index (χ1v) is 8.88.